The molecule has 2 aliphatic rings. The third-order valence-corrected chi connectivity index (χ3v) is 4.38. The Bertz CT molecular complexity index is 798. The first-order valence-corrected chi connectivity index (χ1v) is 7.78. The SMILES string of the molecule is CC1(C)CC(=O)C2=C(C1)OC(N)=C(C#N)[C@H]2c1cnn(CCF)c1. The summed E-state index contributed by atoms with van der Waals surface area (Å²) in [6.07, 6.45) is 4.15. The number of nitrogens with two attached hydrogens (primary N) is 1. The van der Waals surface area contributed by atoms with Gasteiger partial charge in [0.15, 0.2) is 5.78 Å². The second kappa shape index (κ2) is 5.78. The summed E-state index contributed by atoms with van der Waals surface area (Å²) in [5.41, 5.74) is 7.02. The minimum atomic E-state index is -0.601. The first kappa shape index (κ1) is 16.2. The van der Waals surface area contributed by atoms with Gasteiger partial charge in [0.2, 0.25) is 5.88 Å². The van der Waals surface area contributed by atoms with Crippen LogP contribution in [-0.2, 0) is 16.1 Å². The highest BCUT2D eigenvalue weighted by molar-refractivity contribution is 6.00. The molecule has 1 aromatic heterocycles. The Kier molecular flexibility index (Phi) is 3.91. The van der Waals surface area contributed by atoms with Gasteiger partial charge in [0, 0.05) is 30.2 Å². The number of aryl methyl sites for hydroxylation is 1. The quantitative estimate of drug-likeness (QED) is 0.918. The number of alkyl halides is 1. The average Bonchev–Trinajstić information content (AvgIpc) is 2.93. The molecule has 7 heteroatoms. The fraction of sp³-hybridized carbons (Fsp3) is 0.471. The number of ether oxygens (including phenoxy) is 1. The molecule has 0 bridgehead atoms. The van der Waals surface area contributed by atoms with Crippen molar-refractivity contribution in [2.45, 2.75) is 39.2 Å². The number of Topliss-reactive ketones (excluding diaryl/α,β-unsaturated/α-hetero) is 1. The number of hydrogen-bond donors (Lipinski definition) is 1. The van der Waals surface area contributed by atoms with E-state index in [4.69, 9.17) is 10.5 Å². The van der Waals surface area contributed by atoms with Crippen molar-refractivity contribution in [3.05, 3.63) is 40.7 Å². The Hall–Kier alpha value is -2.62. The second-order valence-electron chi connectivity index (χ2n) is 6.93. The molecule has 1 atom stereocenters. The van der Waals surface area contributed by atoms with Gasteiger partial charge in [0.05, 0.1) is 18.7 Å². The van der Waals surface area contributed by atoms with Gasteiger partial charge in [-0.25, -0.2) is 4.39 Å². The molecule has 1 aliphatic heterocycles. The summed E-state index contributed by atoms with van der Waals surface area (Å²) < 4.78 is 19.6. The molecular weight excluding hydrogens is 311 g/mol. The van der Waals surface area contributed by atoms with E-state index < -0.39 is 12.6 Å². The third-order valence-electron chi connectivity index (χ3n) is 4.38. The van der Waals surface area contributed by atoms with E-state index in [9.17, 15) is 14.4 Å². The van der Waals surface area contributed by atoms with E-state index in [0.717, 1.165) is 0 Å². The molecule has 1 aromatic rings. The van der Waals surface area contributed by atoms with Crippen LogP contribution >= 0.6 is 0 Å². The highest BCUT2D eigenvalue weighted by Gasteiger charge is 2.43. The topological polar surface area (TPSA) is 93.9 Å². The van der Waals surface area contributed by atoms with Crippen LogP contribution in [0.1, 0.15) is 38.2 Å². The van der Waals surface area contributed by atoms with E-state index in [1.807, 2.05) is 19.9 Å². The van der Waals surface area contributed by atoms with Crippen LogP contribution in [0.5, 0.6) is 0 Å². The lowest BCUT2D eigenvalue weighted by atomic mass is 9.70. The summed E-state index contributed by atoms with van der Waals surface area (Å²) in [6.45, 7) is 3.56. The van der Waals surface area contributed by atoms with Crippen LogP contribution in [0.4, 0.5) is 4.39 Å². The van der Waals surface area contributed by atoms with Gasteiger partial charge in [-0.15, -0.1) is 0 Å². The molecular formula is C17H19FN4O2. The molecule has 0 unspecified atom stereocenters. The van der Waals surface area contributed by atoms with Gasteiger partial charge < -0.3 is 10.5 Å². The predicted octanol–water partition coefficient (Wildman–Crippen LogP) is 2.30. The molecule has 0 fully saturated rings. The van der Waals surface area contributed by atoms with Crippen LogP contribution in [0, 0.1) is 16.7 Å². The zero-order chi connectivity index (χ0) is 17.5. The highest BCUT2D eigenvalue weighted by Crippen LogP contribution is 2.47. The summed E-state index contributed by atoms with van der Waals surface area (Å²) in [7, 11) is 0. The van der Waals surface area contributed by atoms with Gasteiger partial charge in [-0.05, 0) is 5.41 Å². The Morgan fingerprint density at radius 2 is 2.29 bits per heavy atom. The van der Waals surface area contributed by atoms with E-state index >= 15 is 0 Å². The number of allylic oxidation sites excluding steroid dienone is 3. The van der Waals surface area contributed by atoms with E-state index in [2.05, 4.69) is 5.10 Å². The number of ketones is 1. The zero-order valence-electron chi connectivity index (χ0n) is 13.7. The fourth-order valence-electron chi connectivity index (χ4n) is 3.36. The van der Waals surface area contributed by atoms with Crippen LogP contribution in [0.3, 0.4) is 0 Å². The lowest BCUT2D eigenvalue weighted by molar-refractivity contribution is -0.119. The van der Waals surface area contributed by atoms with E-state index in [1.165, 1.54) is 4.68 Å². The normalized spacial score (nSPS) is 22.9. The molecule has 24 heavy (non-hydrogen) atoms. The van der Waals surface area contributed by atoms with Crippen molar-refractivity contribution in [2.24, 2.45) is 11.1 Å². The lowest BCUT2D eigenvalue weighted by Crippen LogP contribution is -2.33. The number of rotatable bonds is 3. The largest absolute Gasteiger partial charge is 0.444 e. The molecule has 1 aliphatic carbocycles. The molecule has 2 heterocycles. The van der Waals surface area contributed by atoms with Crippen molar-refractivity contribution < 1.29 is 13.9 Å². The van der Waals surface area contributed by atoms with Crippen molar-refractivity contribution >= 4 is 5.78 Å². The monoisotopic (exact) mass is 330 g/mol. The van der Waals surface area contributed by atoms with Gasteiger partial charge >= 0.3 is 0 Å². The summed E-state index contributed by atoms with van der Waals surface area (Å²) in [5.74, 6) is -0.110. The average molecular weight is 330 g/mol. The smallest absolute Gasteiger partial charge is 0.205 e. The predicted molar refractivity (Wildman–Crippen MR) is 83.9 cm³/mol. The minimum absolute atomic E-state index is 0.0185. The van der Waals surface area contributed by atoms with Crippen LogP contribution < -0.4 is 5.73 Å². The van der Waals surface area contributed by atoms with Crippen LogP contribution in [-0.4, -0.2) is 22.2 Å². The number of carbonyl (C=O) groups excluding carboxylic acids is 1. The number of carbonyl (C=O) groups is 1. The van der Waals surface area contributed by atoms with Crippen molar-refractivity contribution in [2.75, 3.05) is 6.67 Å². The minimum Gasteiger partial charge on any atom is -0.444 e. The molecule has 126 valence electrons. The molecule has 0 saturated carbocycles. The molecule has 3 rings (SSSR count). The Balaban J connectivity index is 2.11. The second-order valence-corrected chi connectivity index (χ2v) is 6.93. The maximum atomic E-state index is 12.7. The number of hydrogen-bond acceptors (Lipinski definition) is 5. The maximum absolute atomic E-state index is 12.7. The number of nitriles is 1. The zero-order valence-corrected chi connectivity index (χ0v) is 13.7. The number of halogens is 1. The first-order chi connectivity index (χ1) is 11.4. The van der Waals surface area contributed by atoms with Crippen molar-refractivity contribution in [1.29, 1.82) is 5.26 Å². The maximum Gasteiger partial charge on any atom is 0.205 e. The Morgan fingerprint density at radius 3 is 2.96 bits per heavy atom. The first-order valence-electron chi connectivity index (χ1n) is 7.78. The lowest BCUT2D eigenvalue weighted by Gasteiger charge is -2.36. The van der Waals surface area contributed by atoms with Crippen molar-refractivity contribution in [3.63, 3.8) is 0 Å². The van der Waals surface area contributed by atoms with Gasteiger partial charge in [-0.1, -0.05) is 13.8 Å². The summed E-state index contributed by atoms with van der Waals surface area (Å²) in [5, 5.41) is 13.6. The van der Waals surface area contributed by atoms with E-state index in [0.29, 0.717) is 29.7 Å². The molecule has 0 amide bonds. The molecule has 0 aromatic carbocycles. The summed E-state index contributed by atoms with van der Waals surface area (Å²) >= 11 is 0. The summed E-state index contributed by atoms with van der Waals surface area (Å²) in [6, 6.07) is 2.05. The van der Waals surface area contributed by atoms with Gasteiger partial charge in [-0.2, -0.15) is 10.4 Å². The number of aromatic nitrogens is 2. The highest BCUT2D eigenvalue weighted by atomic mass is 19.1. The van der Waals surface area contributed by atoms with Crippen LogP contribution in [0.2, 0.25) is 0 Å². The molecule has 0 spiro atoms. The van der Waals surface area contributed by atoms with Gasteiger partial charge in [0.25, 0.3) is 0 Å². The van der Waals surface area contributed by atoms with Crippen molar-refractivity contribution in [1.82, 2.24) is 9.78 Å². The van der Waals surface area contributed by atoms with Gasteiger partial charge in [-0.3, -0.25) is 9.48 Å². The fourth-order valence-corrected chi connectivity index (χ4v) is 3.36. The molecule has 2 N–H and O–H groups in total. The van der Waals surface area contributed by atoms with Gasteiger partial charge in [0.1, 0.15) is 24.1 Å². The molecule has 0 saturated heterocycles. The Labute approximate surface area is 139 Å². The van der Waals surface area contributed by atoms with E-state index in [1.54, 1.807) is 12.4 Å². The van der Waals surface area contributed by atoms with E-state index in [-0.39, 0.29) is 29.2 Å². The molecule has 6 nitrogen and oxygen atoms in total. The third kappa shape index (κ3) is 2.68. The van der Waals surface area contributed by atoms with Crippen molar-refractivity contribution in [3.8, 4) is 6.07 Å². The van der Waals surface area contributed by atoms with Crippen LogP contribution in [0.25, 0.3) is 0 Å². The Morgan fingerprint density at radius 1 is 1.54 bits per heavy atom. The standard InChI is InChI=1S/C17H19FN4O2/c1-17(2)5-12(23)15-13(6-17)24-16(20)11(7-19)14(15)10-8-21-22(9-10)4-3-18/h8-9,14H,3-6,20H2,1-2H3/t14-/m1/s1. The molecule has 0 radical (unpaired) electrons. The number of nitrogens with zero attached hydrogens (tertiary/aromatic N) is 3. The van der Waals surface area contributed by atoms with Crippen LogP contribution in [0.15, 0.2) is 35.2 Å². The summed E-state index contributed by atoms with van der Waals surface area (Å²) in [4.78, 5) is 12.7.